The van der Waals surface area contributed by atoms with E-state index in [4.69, 9.17) is 28.2 Å². The van der Waals surface area contributed by atoms with Crippen LogP contribution in [0.4, 0.5) is 4.79 Å². The van der Waals surface area contributed by atoms with Gasteiger partial charge in [-0.25, -0.2) is 9.37 Å². The average Bonchev–Trinajstić information content (AvgIpc) is 3.05. The number of nitrogens with zero attached hydrogens (tertiary/aromatic N) is 5. The number of carbonyl (C=O) groups excluding carboxylic acids is 2. The zero-order chi connectivity index (χ0) is 22.4. The molecule has 166 valence electrons. The number of carbonyl (C=O) groups is 2. The van der Waals surface area contributed by atoms with Crippen molar-refractivity contribution in [1.82, 2.24) is 14.7 Å². The third kappa shape index (κ3) is 4.11. The molecule has 0 radical (unpaired) electrons. The average molecular weight is 465 g/mol. The minimum absolute atomic E-state index is 0.291. The summed E-state index contributed by atoms with van der Waals surface area (Å²) in [5.41, 5.74) is 0.746. The van der Waals surface area contributed by atoms with E-state index in [1.807, 2.05) is 4.58 Å². The van der Waals surface area contributed by atoms with Gasteiger partial charge in [-0.2, -0.15) is 0 Å². The molecule has 3 heterocycles. The van der Waals surface area contributed by atoms with Crippen LogP contribution in [0, 0.1) is 11.8 Å². The van der Waals surface area contributed by atoms with Crippen molar-refractivity contribution in [3.63, 3.8) is 0 Å². The second-order valence-electron chi connectivity index (χ2n) is 9.00. The van der Waals surface area contributed by atoms with E-state index < -0.39 is 6.04 Å². The normalized spacial score (nSPS) is 27.2. The lowest BCUT2D eigenvalue weighted by Crippen LogP contribution is -2.61. The van der Waals surface area contributed by atoms with Gasteiger partial charge in [-0.1, -0.05) is 43.1 Å². The number of fused-ring (bicyclic) bond motifs is 1. The first-order valence-electron chi connectivity index (χ1n) is 10.6. The number of imide groups is 1. The van der Waals surface area contributed by atoms with E-state index in [0.717, 1.165) is 29.4 Å². The van der Waals surface area contributed by atoms with E-state index in [0.29, 0.717) is 40.8 Å². The first-order valence-corrected chi connectivity index (χ1v) is 11.3. The van der Waals surface area contributed by atoms with Crippen LogP contribution in [0.25, 0.3) is 0 Å². The van der Waals surface area contributed by atoms with Gasteiger partial charge in [-0.15, -0.1) is 0 Å². The number of aliphatic imine (C=N–C) groups is 1. The SMILES string of the molecule is CC1CC(C)CN(CC2=[N+](Cc3c(Cl)cccc3Cl)C3C(=O)N(C)C(=O)N(C)C3=N2)C1. The van der Waals surface area contributed by atoms with Crippen LogP contribution in [0.1, 0.15) is 25.8 Å². The monoisotopic (exact) mass is 464 g/mol. The fraction of sp³-hybridized carbons (Fsp3) is 0.545. The largest absolute Gasteiger partial charge is 0.333 e. The Hall–Kier alpha value is -1.96. The van der Waals surface area contributed by atoms with Crippen molar-refractivity contribution >= 4 is 46.8 Å². The number of piperidine rings is 1. The summed E-state index contributed by atoms with van der Waals surface area (Å²) < 4.78 is 1.95. The number of urea groups is 1. The fourth-order valence-corrected chi connectivity index (χ4v) is 5.45. The second-order valence-corrected chi connectivity index (χ2v) is 9.81. The van der Waals surface area contributed by atoms with Gasteiger partial charge in [-0.05, 0) is 35.4 Å². The first-order chi connectivity index (χ1) is 14.7. The molecule has 0 spiro atoms. The minimum atomic E-state index is -0.672. The zero-order valence-electron chi connectivity index (χ0n) is 18.3. The maximum atomic E-state index is 13.1. The van der Waals surface area contributed by atoms with Gasteiger partial charge < -0.3 is 0 Å². The lowest BCUT2D eigenvalue weighted by atomic mass is 9.92. The predicted molar refractivity (Wildman–Crippen MR) is 122 cm³/mol. The van der Waals surface area contributed by atoms with Crippen molar-refractivity contribution in [2.45, 2.75) is 32.9 Å². The smallest absolute Gasteiger partial charge is 0.292 e. The Morgan fingerprint density at radius 3 is 2.29 bits per heavy atom. The summed E-state index contributed by atoms with van der Waals surface area (Å²) >= 11 is 12.9. The third-order valence-electron chi connectivity index (χ3n) is 6.31. The van der Waals surface area contributed by atoms with Gasteiger partial charge in [0.1, 0.15) is 13.1 Å². The highest BCUT2D eigenvalue weighted by atomic mass is 35.5. The minimum Gasteiger partial charge on any atom is -0.292 e. The molecule has 31 heavy (non-hydrogen) atoms. The van der Waals surface area contributed by atoms with Gasteiger partial charge >= 0.3 is 11.9 Å². The van der Waals surface area contributed by atoms with Crippen molar-refractivity contribution in [3.05, 3.63) is 33.8 Å². The number of likely N-dealkylation sites (N-methyl/N-ethyl adjacent to an activating group) is 2. The number of amides is 3. The molecule has 0 aliphatic carbocycles. The Kier molecular flexibility index (Phi) is 6.12. The summed E-state index contributed by atoms with van der Waals surface area (Å²) in [6.45, 7) is 7.43. The van der Waals surface area contributed by atoms with Gasteiger partial charge in [-0.3, -0.25) is 19.5 Å². The summed E-state index contributed by atoms with van der Waals surface area (Å²) in [7, 11) is 3.16. The molecule has 3 aliphatic heterocycles. The van der Waals surface area contributed by atoms with Gasteiger partial charge in [0.2, 0.25) is 0 Å². The summed E-state index contributed by atoms with van der Waals surface area (Å²) in [6, 6.07) is 4.33. The third-order valence-corrected chi connectivity index (χ3v) is 7.02. The van der Waals surface area contributed by atoms with Crippen LogP contribution < -0.4 is 0 Å². The molecular formula is C22H28Cl2N5O2+. The standard InChI is InChI=1S/C22H28Cl2N5O2/c1-13-8-14(2)10-28(9-13)12-18-25-20-19(21(30)27(4)22(31)26(20)3)29(18)11-15-16(23)6-5-7-17(15)24/h5-7,13-14,19H,8-12H2,1-4H3/q+1. The molecule has 1 aromatic rings. The van der Waals surface area contributed by atoms with E-state index in [-0.39, 0.29) is 11.9 Å². The summed E-state index contributed by atoms with van der Waals surface area (Å²) in [6.07, 6.45) is 1.21. The lowest BCUT2D eigenvalue weighted by molar-refractivity contribution is -0.552. The van der Waals surface area contributed by atoms with E-state index in [2.05, 4.69) is 18.7 Å². The van der Waals surface area contributed by atoms with Crippen LogP contribution in [0.5, 0.6) is 0 Å². The first kappa shape index (κ1) is 22.2. The number of hydrogen-bond acceptors (Lipinski definition) is 4. The van der Waals surface area contributed by atoms with Gasteiger partial charge in [0.15, 0.2) is 0 Å². The zero-order valence-corrected chi connectivity index (χ0v) is 19.8. The lowest BCUT2D eigenvalue weighted by Gasteiger charge is -2.34. The second kappa shape index (κ2) is 8.52. The highest BCUT2D eigenvalue weighted by molar-refractivity contribution is 6.36. The maximum Gasteiger partial charge on any atom is 0.333 e. The van der Waals surface area contributed by atoms with Crippen molar-refractivity contribution < 1.29 is 14.2 Å². The van der Waals surface area contributed by atoms with Gasteiger partial charge in [0.25, 0.3) is 17.8 Å². The summed E-state index contributed by atoms with van der Waals surface area (Å²) in [5.74, 6) is 2.14. The van der Waals surface area contributed by atoms with E-state index >= 15 is 0 Å². The van der Waals surface area contributed by atoms with Crippen molar-refractivity contribution in [2.75, 3.05) is 33.7 Å². The Labute approximate surface area is 192 Å². The molecule has 0 bridgehead atoms. The Bertz CT molecular complexity index is 962. The molecule has 0 N–H and O–H groups in total. The Balaban J connectivity index is 1.74. The molecule has 3 atom stereocenters. The number of benzene rings is 1. The Morgan fingerprint density at radius 2 is 1.68 bits per heavy atom. The quantitative estimate of drug-likeness (QED) is 0.642. The molecule has 1 aromatic carbocycles. The van der Waals surface area contributed by atoms with Crippen LogP contribution >= 0.6 is 23.2 Å². The molecule has 3 unspecified atom stereocenters. The number of amidine groups is 2. The van der Waals surface area contributed by atoms with E-state index in [9.17, 15) is 9.59 Å². The van der Waals surface area contributed by atoms with Crippen molar-refractivity contribution in [1.29, 1.82) is 0 Å². The van der Waals surface area contributed by atoms with Crippen molar-refractivity contribution in [2.24, 2.45) is 16.8 Å². The molecule has 4 rings (SSSR count). The number of hydrogen-bond donors (Lipinski definition) is 0. The number of rotatable bonds is 4. The van der Waals surface area contributed by atoms with Crippen LogP contribution in [0.3, 0.4) is 0 Å². The highest BCUT2D eigenvalue weighted by Gasteiger charge is 2.53. The van der Waals surface area contributed by atoms with E-state index in [1.54, 1.807) is 25.2 Å². The molecular weight excluding hydrogens is 437 g/mol. The molecule has 0 aromatic heterocycles. The molecule has 3 amide bonds. The fourth-order valence-electron chi connectivity index (χ4n) is 4.93. The van der Waals surface area contributed by atoms with Crippen LogP contribution in [0.2, 0.25) is 10.0 Å². The molecule has 7 nitrogen and oxygen atoms in total. The predicted octanol–water partition coefficient (Wildman–Crippen LogP) is 3.19. The van der Waals surface area contributed by atoms with Gasteiger partial charge in [0.05, 0.1) is 0 Å². The van der Waals surface area contributed by atoms with E-state index in [1.165, 1.54) is 18.4 Å². The highest BCUT2D eigenvalue weighted by Crippen LogP contribution is 2.29. The summed E-state index contributed by atoms with van der Waals surface area (Å²) in [4.78, 5) is 35.4. The van der Waals surface area contributed by atoms with Crippen LogP contribution in [0.15, 0.2) is 23.2 Å². The Morgan fingerprint density at radius 1 is 1.06 bits per heavy atom. The molecule has 3 aliphatic rings. The molecule has 9 heteroatoms. The molecule has 2 saturated heterocycles. The van der Waals surface area contributed by atoms with Gasteiger partial charge in [0, 0.05) is 42.8 Å². The van der Waals surface area contributed by atoms with Crippen LogP contribution in [-0.4, -0.2) is 82.7 Å². The molecule has 0 saturated carbocycles. The number of likely N-dealkylation sites (tertiary alicyclic amines) is 1. The van der Waals surface area contributed by atoms with Crippen molar-refractivity contribution in [3.8, 4) is 0 Å². The summed E-state index contributed by atoms with van der Waals surface area (Å²) in [5, 5.41) is 1.09. The molecule has 2 fully saturated rings. The maximum absolute atomic E-state index is 13.1. The number of halogens is 2. The topological polar surface area (TPSA) is 59.2 Å². The van der Waals surface area contributed by atoms with Crippen LogP contribution in [-0.2, 0) is 11.3 Å².